The number of thiazole rings is 1. The first-order valence-electron chi connectivity index (χ1n) is 6.13. The van der Waals surface area contributed by atoms with Crippen LogP contribution in [0.1, 0.15) is 48.8 Å². The van der Waals surface area contributed by atoms with Crippen LogP contribution in [0.5, 0.6) is 0 Å². The van der Waals surface area contributed by atoms with Crippen molar-refractivity contribution in [2.45, 2.75) is 33.3 Å². The zero-order chi connectivity index (χ0) is 15.3. The zero-order valence-corrected chi connectivity index (χ0v) is 13.0. The summed E-state index contributed by atoms with van der Waals surface area (Å²) in [5.41, 5.74) is -0.141. The molecule has 1 atom stereocenters. The van der Waals surface area contributed by atoms with Crippen LogP contribution in [-0.2, 0) is 14.3 Å². The molecule has 0 saturated heterocycles. The normalized spacial score (nSPS) is 12.6. The zero-order valence-electron chi connectivity index (χ0n) is 12.1. The number of carbonyl (C=O) groups excluding carboxylic acids is 2. The van der Waals surface area contributed by atoms with Crippen LogP contribution in [-0.4, -0.2) is 24.0 Å². The lowest BCUT2D eigenvalue weighted by atomic mass is 9.83. The van der Waals surface area contributed by atoms with Gasteiger partial charge in [-0.2, -0.15) is 0 Å². The second-order valence-electron chi connectivity index (χ2n) is 5.03. The third kappa shape index (κ3) is 3.90. The van der Waals surface area contributed by atoms with Crippen LogP contribution >= 0.6 is 11.3 Å². The van der Waals surface area contributed by atoms with Crippen molar-refractivity contribution >= 4 is 23.3 Å². The summed E-state index contributed by atoms with van der Waals surface area (Å²) in [5, 5.41) is 2.18. The number of hydrogen-bond donors (Lipinski definition) is 0. The standard InChI is InChI=1S/C14H19NO4S/c1-6-7-14(3,4)11(19-9(2)16)12-15-10(8-20-12)13(17)18-5/h6,8,11H,1,7H2,2-5H3. The fraction of sp³-hybridized carbons (Fsp3) is 0.500. The van der Waals surface area contributed by atoms with E-state index in [2.05, 4.69) is 16.3 Å². The van der Waals surface area contributed by atoms with Crippen molar-refractivity contribution in [3.63, 3.8) is 0 Å². The lowest BCUT2D eigenvalue weighted by Crippen LogP contribution is -2.26. The number of rotatable bonds is 6. The van der Waals surface area contributed by atoms with Crippen LogP contribution < -0.4 is 0 Å². The number of aromatic nitrogens is 1. The van der Waals surface area contributed by atoms with Crippen molar-refractivity contribution in [3.8, 4) is 0 Å². The molecule has 20 heavy (non-hydrogen) atoms. The van der Waals surface area contributed by atoms with Crippen LogP contribution in [0, 0.1) is 5.41 Å². The smallest absolute Gasteiger partial charge is 0.357 e. The highest BCUT2D eigenvalue weighted by molar-refractivity contribution is 7.09. The quantitative estimate of drug-likeness (QED) is 0.596. The Hall–Kier alpha value is -1.69. The van der Waals surface area contributed by atoms with E-state index >= 15 is 0 Å². The summed E-state index contributed by atoms with van der Waals surface area (Å²) in [5.74, 6) is -0.891. The van der Waals surface area contributed by atoms with Gasteiger partial charge in [-0.25, -0.2) is 9.78 Å². The summed E-state index contributed by atoms with van der Waals surface area (Å²) < 4.78 is 10.0. The van der Waals surface area contributed by atoms with E-state index in [9.17, 15) is 9.59 Å². The third-order valence-electron chi connectivity index (χ3n) is 2.80. The Kier molecular flexibility index (Phi) is 5.44. The molecule has 0 aliphatic rings. The average Bonchev–Trinajstić information content (AvgIpc) is 2.83. The van der Waals surface area contributed by atoms with Crippen molar-refractivity contribution in [1.29, 1.82) is 0 Å². The largest absolute Gasteiger partial charge is 0.464 e. The molecule has 110 valence electrons. The van der Waals surface area contributed by atoms with Crippen LogP contribution in [0.3, 0.4) is 0 Å². The number of methoxy groups -OCH3 is 1. The second-order valence-corrected chi connectivity index (χ2v) is 5.92. The summed E-state index contributed by atoms with van der Waals surface area (Å²) in [6.07, 6.45) is 1.89. The highest BCUT2D eigenvalue weighted by Gasteiger charge is 2.35. The molecule has 0 radical (unpaired) electrons. The number of allylic oxidation sites excluding steroid dienone is 1. The molecule has 1 rings (SSSR count). The van der Waals surface area contributed by atoms with Gasteiger partial charge in [0.1, 0.15) is 5.01 Å². The van der Waals surface area contributed by atoms with Gasteiger partial charge in [-0.05, 0) is 6.42 Å². The molecular formula is C14H19NO4S. The van der Waals surface area contributed by atoms with Gasteiger partial charge in [0, 0.05) is 17.7 Å². The summed E-state index contributed by atoms with van der Waals surface area (Å²) in [6, 6.07) is 0. The molecule has 1 aromatic rings. The number of hydrogen-bond acceptors (Lipinski definition) is 6. The van der Waals surface area contributed by atoms with Crippen LogP contribution in [0.25, 0.3) is 0 Å². The van der Waals surface area contributed by atoms with Crippen LogP contribution in [0.2, 0.25) is 0 Å². The van der Waals surface area contributed by atoms with Crippen LogP contribution in [0.15, 0.2) is 18.0 Å². The minimum absolute atomic E-state index is 0.221. The Morgan fingerprint density at radius 2 is 2.20 bits per heavy atom. The molecule has 6 heteroatoms. The Morgan fingerprint density at radius 3 is 2.70 bits per heavy atom. The van der Waals surface area contributed by atoms with E-state index in [0.717, 1.165) is 0 Å². The summed E-state index contributed by atoms with van der Waals surface area (Å²) in [4.78, 5) is 27.0. The van der Waals surface area contributed by atoms with Crippen molar-refractivity contribution in [2.24, 2.45) is 5.41 Å². The molecule has 0 aromatic carbocycles. The predicted octanol–water partition coefficient (Wildman–Crippen LogP) is 3.14. The van der Waals surface area contributed by atoms with Gasteiger partial charge in [0.15, 0.2) is 11.8 Å². The minimum atomic E-state index is -0.526. The Morgan fingerprint density at radius 1 is 1.55 bits per heavy atom. The predicted molar refractivity (Wildman–Crippen MR) is 76.6 cm³/mol. The van der Waals surface area contributed by atoms with Crippen molar-refractivity contribution in [2.75, 3.05) is 7.11 Å². The van der Waals surface area contributed by atoms with Gasteiger partial charge in [-0.1, -0.05) is 19.9 Å². The molecule has 0 fully saturated rings. The minimum Gasteiger partial charge on any atom is -0.464 e. The van der Waals surface area contributed by atoms with E-state index in [-0.39, 0.29) is 17.1 Å². The summed E-state index contributed by atoms with van der Waals surface area (Å²) in [7, 11) is 1.30. The highest BCUT2D eigenvalue weighted by atomic mass is 32.1. The fourth-order valence-corrected chi connectivity index (χ4v) is 2.82. The van der Waals surface area contributed by atoms with Crippen molar-refractivity contribution in [3.05, 3.63) is 28.7 Å². The third-order valence-corrected chi connectivity index (χ3v) is 3.69. The van der Waals surface area contributed by atoms with Gasteiger partial charge in [0.25, 0.3) is 0 Å². The van der Waals surface area contributed by atoms with Crippen molar-refractivity contribution in [1.82, 2.24) is 4.98 Å². The number of nitrogens with zero attached hydrogens (tertiary/aromatic N) is 1. The fourth-order valence-electron chi connectivity index (χ4n) is 1.80. The lowest BCUT2D eigenvalue weighted by Gasteiger charge is -2.31. The monoisotopic (exact) mass is 297 g/mol. The topological polar surface area (TPSA) is 65.5 Å². The second kappa shape index (κ2) is 6.65. The van der Waals surface area contributed by atoms with E-state index in [4.69, 9.17) is 4.74 Å². The molecule has 0 saturated carbocycles. The molecule has 0 bridgehead atoms. The van der Waals surface area contributed by atoms with Crippen molar-refractivity contribution < 1.29 is 19.1 Å². The maximum absolute atomic E-state index is 11.4. The maximum Gasteiger partial charge on any atom is 0.357 e. The van der Waals surface area contributed by atoms with E-state index in [0.29, 0.717) is 11.4 Å². The van der Waals surface area contributed by atoms with Gasteiger partial charge >= 0.3 is 11.9 Å². The molecular weight excluding hydrogens is 278 g/mol. The Labute approximate surface area is 122 Å². The first kappa shape index (κ1) is 16.4. The first-order chi connectivity index (χ1) is 9.31. The number of ether oxygens (including phenoxy) is 2. The molecule has 5 nitrogen and oxygen atoms in total. The maximum atomic E-state index is 11.4. The van der Waals surface area contributed by atoms with Gasteiger partial charge in [-0.15, -0.1) is 17.9 Å². The first-order valence-corrected chi connectivity index (χ1v) is 7.01. The molecule has 1 heterocycles. The average molecular weight is 297 g/mol. The molecule has 0 spiro atoms. The molecule has 1 unspecified atom stereocenters. The molecule has 1 aromatic heterocycles. The van der Waals surface area contributed by atoms with Crippen LogP contribution in [0.4, 0.5) is 0 Å². The van der Waals surface area contributed by atoms with E-state index < -0.39 is 12.1 Å². The highest BCUT2D eigenvalue weighted by Crippen LogP contribution is 2.40. The number of carbonyl (C=O) groups is 2. The molecule has 0 amide bonds. The van der Waals surface area contributed by atoms with E-state index in [1.54, 1.807) is 11.5 Å². The van der Waals surface area contributed by atoms with Gasteiger partial charge in [0.2, 0.25) is 0 Å². The molecule has 0 aliphatic carbocycles. The van der Waals surface area contributed by atoms with E-state index in [1.807, 2.05) is 13.8 Å². The van der Waals surface area contributed by atoms with Gasteiger partial charge in [-0.3, -0.25) is 4.79 Å². The molecule has 0 aliphatic heterocycles. The van der Waals surface area contributed by atoms with Gasteiger partial charge in [0.05, 0.1) is 7.11 Å². The summed E-state index contributed by atoms with van der Waals surface area (Å²) >= 11 is 1.27. The Balaban J connectivity index is 3.10. The summed E-state index contributed by atoms with van der Waals surface area (Å²) in [6.45, 7) is 8.99. The lowest BCUT2D eigenvalue weighted by molar-refractivity contribution is -0.153. The van der Waals surface area contributed by atoms with Gasteiger partial charge < -0.3 is 9.47 Å². The van der Waals surface area contributed by atoms with E-state index in [1.165, 1.54) is 25.4 Å². The molecule has 0 N–H and O–H groups in total. The number of esters is 2. The Bertz CT molecular complexity index is 507. The SMILES string of the molecule is C=CCC(C)(C)C(OC(C)=O)c1nc(C(=O)OC)cs1.